The van der Waals surface area contributed by atoms with Gasteiger partial charge in [-0.25, -0.2) is 4.39 Å². The van der Waals surface area contributed by atoms with Gasteiger partial charge in [0.1, 0.15) is 18.2 Å². The van der Waals surface area contributed by atoms with Crippen molar-refractivity contribution < 1.29 is 13.9 Å². The summed E-state index contributed by atoms with van der Waals surface area (Å²) in [5, 5.41) is 4.12. The van der Waals surface area contributed by atoms with Gasteiger partial charge in [-0.3, -0.25) is 4.79 Å². The molecule has 3 aromatic rings. The van der Waals surface area contributed by atoms with Crippen LogP contribution in [0.15, 0.2) is 48.5 Å². The third-order valence-corrected chi connectivity index (χ3v) is 7.03. The number of halogens is 1. The molecule has 1 atom stereocenters. The van der Waals surface area contributed by atoms with Gasteiger partial charge in [-0.1, -0.05) is 30.3 Å². The van der Waals surface area contributed by atoms with E-state index in [4.69, 9.17) is 4.74 Å². The van der Waals surface area contributed by atoms with Gasteiger partial charge in [0, 0.05) is 22.8 Å². The third-order valence-electron chi connectivity index (χ3n) is 5.81. The lowest BCUT2D eigenvalue weighted by molar-refractivity contribution is -0.116. The van der Waals surface area contributed by atoms with E-state index in [0.717, 1.165) is 34.7 Å². The van der Waals surface area contributed by atoms with Gasteiger partial charge >= 0.3 is 0 Å². The van der Waals surface area contributed by atoms with E-state index < -0.39 is 0 Å². The Kier molecular flexibility index (Phi) is 4.84. The number of anilines is 1. The van der Waals surface area contributed by atoms with E-state index in [1.165, 1.54) is 41.0 Å². The van der Waals surface area contributed by atoms with E-state index in [2.05, 4.69) is 11.4 Å². The molecule has 0 saturated heterocycles. The molecular formula is C24H22FNO2S. The summed E-state index contributed by atoms with van der Waals surface area (Å²) in [5.74, 6) is 0.617. The van der Waals surface area contributed by atoms with Crippen molar-refractivity contribution in [2.75, 3.05) is 5.32 Å². The molecule has 2 aliphatic rings. The fourth-order valence-electron chi connectivity index (χ4n) is 4.42. The molecule has 5 heteroatoms. The lowest BCUT2D eigenvalue weighted by Gasteiger charge is -2.27. The first-order valence-electron chi connectivity index (χ1n) is 10.1. The summed E-state index contributed by atoms with van der Waals surface area (Å²) < 4.78 is 19.3. The molecule has 148 valence electrons. The summed E-state index contributed by atoms with van der Waals surface area (Å²) >= 11 is 1.75. The van der Waals surface area contributed by atoms with Crippen LogP contribution in [0.25, 0.3) is 0 Å². The minimum Gasteiger partial charge on any atom is -0.489 e. The maximum Gasteiger partial charge on any atom is 0.225 e. The highest BCUT2D eigenvalue weighted by molar-refractivity contribution is 7.16. The Bertz CT molecular complexity index is 1060. The van der Waals surface area contributed by atoms with E-state index in [-0.39, 0.29) is 17.6 Å². The second-order valence-electron chi connectivity index (χ2n) is 7.71. The van der Waals surface area contributed by atoms with Crippen LogP contribution in [0.2, 0.25) is 0 Å². The van der Waals surface area contributed by atoms with Crippen molar-refractivity contribution in [1.29, 1.82) is 0 Å². The lowest BCUT2D eigenvalue weighted by atomic mass is 9.81. The van der Waals surface area contributed by atoms with E-state index in [1.807, 2.05) is 18.2 Å². The number of para-hydroxylation sites is 1. The van der Waals surface area contributed by atoms with Crippen molar-refractivity contribution in [3.05, 3.63) is 81.5 Å². The fourth-order valence-corrected chi connectivity index (χ4v) is 5.79. The molecule has 1 aliphatic heterocycles. The Balaban J connectivity index is 1.49. The predicted octanol–water partition coefficient (Wildman–Crippen LogP) is 5.82. The van der Waals surface area contributed by atoms with Gasteiger partial charge in [0.25, 0.3) is 0 Å². The van der Waals surface area contributed by atoms with Crippen LogP contribution in [0.4, 0.5) is 9.39 Å². The van der Waals surface area contributed by atoms with Crippen molar-refractivity contribution in [1.82, 2.24) is 0 Å². The number of fused-ring (bicyclic) bond motifs is 3. The molecule has 1 N–H and O–H groups in total. The summed E-state index contributed by atoms with van der Waals surface area (Å²) in [6, 6.07) is 14.4. The minimum absolute atomic E-state index is 0.0151. The maximum absolute atomic E-state index is 13.2. The van der Waals surface area contributed by atoms with Crippen molar-refractivity contribution >= 4 is 22.2 Å². The molecule has 1 aromatic heterocycles. The zero-order chi connectivity index (χ0) is 19.8. The highest BCUT2D eigenvalue weighted by atomic mass is 32.1. The number of thiophene rings is 1. The molecule has 1 aliphatic carbocycles. The molecule has 2 aromatic carbocycles. The number of ether oxygens (including phenoxy) is 1. The Morgan fingerprint density at radius 3 is 2.72 bits per heavy atom. The van der Waals surface area contributed by atoms with Crippen LogP contribution in [0.5, 0.6) is 5.75 Å². The van der Waals surface area contributed by atoms with Crippen molar-refractivity contribution in [3.63, 3.8) is 0 Å². The monoisotopic (exact) mass is 407 g/mol. The number of aryl methyl sites for hydroxylation is 1. The average Bonchev–Trinajstić information content (AvgIpc) is 3.11. The van der Waals surface area contributed by atoms with Gasteiger partial charge in [-0.2, -0.15) is 0 Å². The number of hydrogen-bond donors (Lipinski definition) is 1. The van der Waals surface area contributed by atoms with Gasteiger partial charge in [0.2, 0.25) is 5.91 Å². The zero-order valence-corrected chi connectivity index (χ0v) is 16.9. The number of hydrogen-bond acceptors (Lipinski definition) is 3. The van der Waals surface area contributed by atoms with E-state index in [1.54, 1.807) is 23.5 Å². The Hall–Kier alpha value is -2.66. The van der Waals surface area contributed by atoms with Crippen LogP contribution < -0.4 is 10.1 Å². The third kappa shape index (κ3) is 3.55. The first-order valence-corrected chi connectivity index (χ1v) is 10.9. The summed E-state index contributed by atoms with van der Waals surface area (Å²) in [7, 11) is 0. The van der Waals surface area contributed by atoms with E-state index in [9.17, 15) is 9.18 Å². The molecule has 0 saturated carbocycles. The van der Waals surface area contributed by atoms with Crippen molar-refractivity contribution in [3.8, 4) is 5.75 Å². The van der Waals surface area contributed by atoms with E-state index in [0.29, 0.717) is 13.0 Å². The lowest BCUT2D eigenvalue weighted by Crippen LogP contribution is -2.23. The number of rotatable bonds is 4. The van der Waals surface area contributed by atoms with Crippen LogP contribution >= 0.6 is 11.3 Å². The van der Waals surface area contributed by atoms with E-state index >= 15 is 0 Å². The second kappa shape index (κ2) is 7.64. The normalized spacial score (nSPS) is 18.0. The molecular weight excluding hydrogens is 385 g/mol. The van der Waals surface area contributed by atoms with Crippen LogP contribution in [0.3, 0.4) is 0 Å². The number of carbonyl (C=O) groups is 1. The van der Waals surface area contributed by atoms with Crippen LogP contribution in [-0.2, 0) is 24.2 Å². The summed E-state index contributed by atoms with van der Waals surface area (Å²) in [6.45, 7) is 0.366. The maximum atomic E-state index is 13.2. The number of benzene rings is 2. The SMILES string of the molecule is O=C1CC(c2ccccc2OCc2ccc(F)cc2)c2c(sc3c2CCCC3)N1. The molecule has 2 heterocycles. The molecule has 0 radical (unpaired) electrons. The van der Waals surface area contributed by atoms with Gasteiger partial charge in [-0.05, 0) is 60.6 Å². The Labute approximate surface area is 173 Å². The quantitative estimate of drug-likeness (QED) is 0.592. The standard InChI is InChI=1S/C24H22FNO2S/c25-16-11-9-15(10-12-16)14-28-20-7-3-1-5-17(20)19-13-22(27)26-24-23(19)18-6-2-4-8-21(18)29-24/h1,3,5,7,9-12,19H,2,4,6,8,13-14H2,(H,26,27). The topological polar surface area (TPSA) is 38.3 Å². The van der Waals surface area contributed by atoms with Crippen LogP contribution in [-0.4, -0.2) is 5.91 Å². The Morgan fingerprint density at radius 1 is 1.07 bits per heavy atom. The zero-order valence-electron chi connectivity index (χ0n) is 16.0. The molecule has 0 fully saturated rings. The predicted molar refractivity (Wildman–Crippen MR) is 113 cm³/mol. The molecule has 5 rings (SSSR count). The highest BCUT2D eigenvalue weighted by Crippen LogP contribution is 2.49. The van der Waals surface area contributed by atoms with Crippen LogP contribution in [0.1, 0.15) is 52.3 Å². The highest BCUT2D eigenvalue weighted by Gasteiger charge is 2.34. The van der Waals surface area contributed by atoms with Crippen molar-refractivity contribution in [2.45, 2.75) is 44.6 Å². The number of carbonyl (C=O) groups excluding carboxylic acids is 1. The average molecular weight is 408 g/mol. The molecule has 1 unspecified atom stereocenters. The van der Waals surface area contributed by atoms with Crippen LogP contribution in [0, 0.1) is 5.82 Å². The summed E-state index contributed by atoms with van der Waals surface area (Å²) in [4.78, 5) is 13.9. The molecule has 1 amide bonds. The molecule has 0 spiro atoms. The fraction of sp³-hybridized carbons (Fsp3) is 0.292. The molecule has 3 nitrogen and oxygen atoms in total. The Morgan fingerprint density at radius 2 is 1.86 bits per heavy atom. The number of nitrogens with one attached hydrogen (secondary N) is 1. The minimum atomic E-state index is -0.253. The largest absolute Gasteiger partial charge is 0.489 e. The van der Waals surface area contributed by atoms with Gasteiger partial charge in [0.15, 0.2) is 0 Å². The van der Waals surface area contributed by atoms with Crippen molar-refractivity contribution in [2.24, 2.45) is 0 Å². The smallest absolute Gasteiger partial charge is 0.225 e. The van der Waals surface area contributed by atoms with Gasteiger partial charge in [-0.15, -0.1) is 11.3 Å². The summed E-state index contributed by atoms with van der Waals surface area (Å²) in [6.07, 6.45) is 5.07. The number of amides is 1. The molecule has 0 bridgehead atoms. The molecule has 29 heavy (non-hydrogen) atoms. The second-order valence-corrected chi connectivity index (χ2v) is 8.82. The summed E-state index contributed by atoms with van der Waals surface area (Å²) in [5.41, 5.74) is 4.70. The first kappa shape index (κ1) is 18.4. The van der Waals surface area contributed by atoms with Gasteiger partial charge < -0.3 is 10.1 Å². The first-order chi connectivity index (χ1) is 14.2. The van der Waals surface area contributed by atoms with Gasteiger partial charge in [0.05, 0.1) is 5.00 Å².